The van der Waals surface area contributed by atoms with Crippen LogP contribution in [0.25, 0.3) is 0 Å². The summed E-state index contributed by atoms with van der Waals surface area (Å²) in [6.45, 7) is -0.821. The molecule has 3 heterocycles. The Balaban J connectivity index is 1.53. The smallest absolute Gasteiger partial charge is 0.422 e. The maximum atomic E-state index is 13.1. The highest BCUT2D eigenvalue weighted by molar-refractivity contribution is 6.29. The molecule has 0 unspecified atom stereocenters. The molecule has 1 N–H and O–H groups in total. The first-order chi connectivity index (χ1) is 17.9. The Morgan fingerprint density at radius 3 is 2.37 bits per heavy atom. The number of hydrogen-bond donors (Lipinski definition) is 1. The zero-order valence-corrected chi connectivity index (χ0v) is 20.0. The van der Waals surface area contributed by atoms with Crippen molar-refractivity contribution in [2.45, 2.75) is 12.4 Å². The fraction of sp³-hybridized carbons (Fsp3) is 0.318. The number of nitrogens with zero attached hydrogens (tertiary/aromatic N) is 6. The van der Waals surface area contributed by atoms with Crippen LogP contribution in [0.4, 0.5) is 43.9 Å². The van der Waals surface area contributed by atoms with E-state index in [1.165, 1.54) is 24.4 Å². The third-order valence-corrected chi connectivity index (χ3v) is 5.46. The quantitative estimate of drug-likeness (QED) is 0.345. The van der Waals surface area contributed by atoms with Crippen LogP contribution in [0.5, 0.6) is 6.01 Å². The van der Waals surface area contributed by atoms with Crippen molar-refractivity contribution < 1.29 is 35.9 Å². The van der Waals surface area contributed by atoms with Gasteiger partial charge in [-0.05, 0) is 30.3 Å². The van der Waals surface area contributed by atoms with E-state index in [0.29, 0.717) is 5.56 Å². The average Bonchev–Trinajstić information content (AvgIpc) is 2.87. The van der Waals surface area contributed by atoms with Gasteiger partial charge in [-0.2, -0.15) is 41.3 Å². The molecule has 0 bridgehead atoms. The van der Waals surface area contributed by atoms with E-state index in [1.54, 1.807) is 9.80 Å². The Morgan fingerprint density at radius 1 is 1.00 bits per heavy atom. The molecule has 1 amide bonds. The molecule has 0 saturated carbocycles. The van der Waals surface area contributed by atoms with Crippen LogP contribution >= 0.6 is 11.6 Å². The van der Waals surface area contributed by atoms with E-state index in [4.69, 9.17) is 11.6 Å². The Hall–Kier alpha value is -3.88. The lowest BCUT2D eigenvalue weighted by molar-refractivity contribution is -0.154. The van der Waals surface area contributed by atoms with Gasteiger partial charge in [-0.25, -0.2) is 4.98 Å². The van der Waals surface area contributed by atoms with Gasteiger partial charge in [0.25, 0.3) is 5.91 Å². The number of amides is 1. The van der Waals surface area contributed by atoms with Crippen LogP contribution in [0, 0.1) is 0 Å². The number of piperazine rings is 1. The minimum absolute atomic E-state index is 0.0502. The number of hydrogen-bond acceptors (Lipinski definition) is 8. The number of benzene rings is 1. The lowest BCUT2D eigenvalue weighted by Crippen LogP contribution is -2.49. The number of anilines is 3. The standard InChI is InChI=1S/C22H18ClF6N7O2/c23-16-5-4-13(11-30-16)17(37)35-6-8-36(9-7-35)19-32-18(33-20(34-19)38-12-21(24,25)26)31-15-3-1-2-14(10-15)22(27,28)29/h1-5,10-11H,6-9,12H2,(H,31,32,33,34). The molecule has 4 rings (SSSR count). The number of aromatic nitrogens is 4. The number of carbonyl (C=O) groups is 1. The Labute approximate surface area is 216 Å². The molecule has 1 aromatic carbocycles. The molecule has 0 atom stereocenters. The summed E-state index contributed by atoms with van der Waals surface area (Å²) < 4.78 is 82.0. The Morgan fingerprint density at radius 2 is 1.74 bits per heavy atom. The molecule has 1 aliphatic heterocycles. The molecule has 9 nitrogen and oxygen atoms in total. The summed E-state index contributed by atoms with van der Waals surface area (Å²) in [5, 5.41) is 2.79. The van der Waals surface area contributed by atoms with Crippen molar-refractivity contribution in [2.75, 3.05) is 43.0 Å². The van der Waals surface area contributed by atoms with Gasteiger partial charge in [0.1, 0.15) is 5.15 Å². The van der Waals surface area contributed by atoms with Crippen molar-refractivity contribution in [2.24, 2.45) is 0 Å². The number of rotatable bonds is 6. The minimum Gasteiger partial charge on any atom is -0.454 e. The van der Waals surface area contributed by atoms with E-state index in [9.17, 15) is 31.1 Å². The lowest BCUT2D eigenvalue weighted by atomic mass is 10.2. The Bertz CT molecular complexity index is 1280. The lowest BCUT2D eigenvalue weighted by Gasteiger charge is -2.34. The fourth-order valence-corrected chi connectivity index (χ4v) is 3.56. The highest BCUT2D eigenvalue weighted by Crippen LogP contribution is 2.31. The average molecular weight is 562 g/mol. The highest BCUT2D eigenvalue weighted by Gasteiger charge is 2.31. The van der Waals surface area contributed by atoms with E-state index in [0.717, 1.165) is 18.2 Å². The molecule has 16 heteroatoms. The number of pyridine rings is 1. The van der Waals surface area contributed by atoms with Crippen LogP contribution < -0.4 is 15.0 Å². The van der Waals surface area contributed by atoms with E-state index in [1.807, 2.05) is 0 Å². The van der Waals surface area contributed by atoms with Gasteiger partial charge >= 0.3 is 18.4 Å². The maximum Gasteiger partial charge on any atom is 0.422 e. The molecular weight excluding hydrogens is 544 g/mol. The van der Waals surface area contributed by atoms with Gasteiger partial charge in [0.05, 0.1) is 11.1 Å². The third-order valence-electron chi connectivity index (χ3n) is 5.24. The number of nitrogens with one attached hydrogen (secondary N) is 1. The van der Waals surface area contributed by atoms with Crippen molar-refractivity contribution in [3.63, 3.8) is 0 Å². The van der Waals surface area contributed by atoms with Gasteiger partial charge in [0.15, 0.2) is 6.61 Å². The van der Waals surface area contributed by atoms with Crippen molar-refractivity contribution in [1.29, 1.82) is 0 Å². The zero-order chi connectivity index (χ0) is 27.5. The van der Waals surface area contributed by atoms with Crippen molar-refractivity contribution in [1.82, 2.24) is 24.8 Å². The van der Waals surface area contributed by atoms with Gasteiger partial charge in [0, 0.05) is 38.1 Å². The predicted molar refractivity (Wildman–Crippen MR) is 123 cm³/mol. The van der Waals surface area contributed by atoms with Crippen LogP contribution in [-0.2, 0) is 6.18 Å². The van der Waals surface area contributed by atoms with Gasteiger partial charge < -0.3 is 19.9 Å². The van der Waals surface area contributed by atoms with Gasteiger partial charge in [-0.15, -0.1) is 0 Å². The van der Waals surface area contributed by atoms with E-state index < -0.39 is 30.5 Å². The van der Waals surface area contributed by atoms with Crippen LogP contribution in [0.3, 0.4) is 0 Å². The molecule has 1 aliphatic rings. The monoisotopic (exact) mass is 561 g/mol. The first-order valence-corrected chi connectivity index (χ1v) is 11.3. The first kappa shape index (κ1) is 27.2. The second-order valence-electron chi connectivity index (χ2n) is 8.00. The highest BCUT2D eigenvalue weighted by atomic mass is 35.5. The summed E-state index contributed by atoms with van der Waals surface area (Å²) in [6, 6.07) is 6.47. The molecular formula is C22H18ClF6N7O2. The van der Waals surface area contributed by atoms with Gasteiger partial charge in [0.2, 0.25) is 11.9 Å². The molecule has 0 spiro atoms. The summed E-state index contributed by atoms with van der Waals surface area (Å²) in [4.78, 5) is 31.6. The number of carbonyl (C=O) groups excluding carboxylic acids is 1. The summed E-state index contributed by atoms with van der Waals surface area (Å²) in [7, 11) is 0. The second-order valence-corrected chi connectivity index (χ2v) is 8.39. The van der Waals surface area contributed by atoms with Crippen molar-refractivity contribution >= 4 is 35.1 Å². The Kier molecular flexibility index (Phi) is 7.76. The van der Waals surface area contributed by atoms with Crippen LogP contribution in [0.1, 0.15) is 15.9 Å². The van der Waals surface area contributed by atoms with Crippen LogP contribution in [-0.4, -0.2) is 69.7 Å². The minimum atomic E-state index is -4.68. The van der Waals surface area contributed by atoms with Gasteiger partial charge in [-0.1, -0.05) is 17.7 Å². The first-order valence-electron chi connectivity index (χ1n) is 10.9. The second kappa shape index (κ2) is 10.8. The van der Waals surface area contributed by atoms with E-state index >= 15 is 0 Å². The fourth-order valence-electron chi connectivity index (χ4n) is 3.45. The molecule has 1 fully saturated rings. The summed E-state index contributed by atoms with van der Waals surface area (Å²) >= 11 is 5.75. The molecule has 38 heavy (non-hydrogen) atoms. The number of halogens is 7. The predicted octanol–water partition coefficient (Wildman–Crippen LogP) is 4.59. The van der Waals surface area contributed by atoms with Crippen molar-refractivity contribution in [3.8, 4) is 6.01 Å². The largest absolute Gasteiger partial charge is 0.454 e. The van der Waals surface area contributed by atoms with Gasteiger partial charge in [-0.3, -0.25) is 4.79 Å². The number of alkyl halides is 6. The van der Waals surface area contributed by atoms with E-state index in [-0.39, 0.29) is 54.8 Å². The number of ether oxygens (including phenoxy) is 1. The van der Waals surface area contributed by atoms with Crippen LogP contribution in [0.2, 0.25) is 5.15 Å². The maximum absolute atomic E-state index is 13.1. The van der Waals surface area contributed by atoms with E-state index in [2.05, 4.69) is 30.0 Å². The molecule has 202 valence electrons. The summed E-state index contributed by atoms with van der Waals surface area (Å²) in [5.41, 5.74) is -0.661. The molecule has 1 saturated heterocycles. The summed E-state index contributed by atoms with van der Waals surface area (Å²) in [5.74, 6) is -0.685. The molecule has 0 aliphatic carbocycles. The third kappa shape index (κ3) is 7.12. The molecule has 3 aromatic rings. The van der Waals surface area contributed by atoms with Crippen LogP contribution in [0.15, 0.2) is 42.6 Å². The normalized spacial score (nSPS) is 14.4. The SMILES string of the molecule is O=C(c1ccc(Cl)nc1)N1CCN(c2nc(Nc3cccc(C(F)(F)F)c3)nc(OCC(F)(F)F)n2)CC1. The summed E-state index contributed by atoms with van der Waals surface area (Å²) in [6.07, 6.45) is -7.94. The zero-order valence-electron chi connectivity index (χ0n) is 19.2. The topological polar surface area (TPSA) is 96.4 Å². The van der Waals surface area contributed by atoms with Crippen molar-refractivity contribution in [3.05, 3.63) is 58.9 Å². The molecule has 0 radical (unpaired) electrons. The molecule has 2 aromatic heterocycles.